The number of guanidine groups is 1. The Morgan fingerprint density at radius 1 is 1.20 bits per heavy atom. The van der Waals surface area contributed by atoms with Gasteiger partial charge in [0, 0.05) is 46.1 Å². The highest BCUT2D eigenvalue weighted by molar-refractivity contribution is 14.0. The fraction of sp³-hybridized carbons (Fsp3) is 0.476. The number of hydrogen-bond acceptors (Lipinski definition) is 4. The first-order valence-electron chi connectivity index (χ1n) is 9.71. The molecule has 2 rings (SSSR count). The molecule has 1 aromatic heterocycles. The molecule has 1 heterocycles. The molecule has 0 radical (unpaired) electrons. The Hall–Kier alpha value is -2.30. The first-order chi connectivity index (χ1) is 13.8. The van der Waals surface area contributed by atoms with Crippen molar-refractivity contribution in [3.8, 4) is 0 Å². The zero-order valence-electron chi connectivity index (χ0n) is 18.4. The molecule has 0 saturated carbocycles. The van der Waals surface area contributed by atoms with Gasteiger partial charge in [-0.2, -0.15) is 5.10 Å². The largest absolute Gasteiger partial charge is 0.444 e. The van der Waals surface area contributed by atoms with Gasteiger partial charge in [0.2, 0.25) is 0 Å². The molecule has 2 aromatic rings. The van der Waals surface area contributed by atoms with Gasteiger partial charge >= 0.3 is 6.09 Å². The van der Waals surface area contributed by atoms with Crippen LogP contribution in [0.3, 0.4) is 0 Å². The molecule has 1 amide bonds. The summed E-state index contributed by atoms with van der Waals surface area (Å²) in [6, 6.07) is 10.2. The number of likely N-dealkylation sites (N-methyl/N-ethyl adjacent to an activating group) is 1. The summed E-state index contributed by atoms with van der Waals surface area (Å²) >= 11 is 0. The van der Waals surface area contributed by atoms with E-state index in [4.69, 9.17) is 4.74 Å². The summed E-state index contributed by atoms with van der Waals surface area (Å²) in [7, 11) is 3.44. The first-order valence-corrected chi connectivity index (χ1v) is 9.71. The number of carbonyl (C=O) groups is 1. The van der Waals surface area contributed by atoms with E-state index in [-0.39, 0.29) is 30.1 Å². The number of carbonyl (C=O) groups excluding carboxylic acids is 1. The van der Waals surface area contributed by atoms with Gasteiger partial charge < -0.3 is 20.3 Å². The second-order valence-electron chi connectivity index (χ2n) is 7.73. The van der Waals surface area contributed by atoms with Crippen LogP contribution in [-0.4, -0.2) is 59.5 Å². The van der Waals surface area contributed by atoms with E-state index in [1.54, 1.807) is 25.2 Å². The molecule has 0 aliphatic carbocycles. The van der Waals surface area contributed by atoms with Gasteiger partial charge in [0.15, 0.2) is 5.96 Å². The van der Waals surface area contributed by atoms with Crippen molar-refractivity contribution in [2.45, 2.75) is 39.5 Å². The van der Waals surface area contributed by atoms with Crippen molar-refractivity contribution in [3.05, 3.63) is 53.9 Å². The van der Waals surface area contributed by atoms with Crippen molar-refractivity contribution in [2.24, 2.45) is 4.99 Å². The van der Waals surface area contributed by atoms with E-state index in [1.165, 1.54) is 11.1 Å². The maximum Gasteiger partial charge on any atom is 0.410 e. The SMILES string of the molecule is CN=C(NCCN(C)C(=O)OC(C)(C)C)NCc1ccccc1Cn1cccn1.I. The zero-order chi connectivity index (χ0) is 21.3. The van der Waals surface area contributed by atoms with Gasteiger partial charge in [0.25, 0.3) is 0 Å². The van der Waals surface area contributed by atoms with E-state index >= 15 is 0 Å². The molecular weight excluding hydrogens is 495 g/mol. The Bertz CT molecular complexity index is 802. The minimum absolute atomic E-state index is 0. The average Bonchev–Trinajstić information content (AvgIpc) is 3.17. The van der Waals surface area contributed by atoms with Crippen LogP contribution >= 0.6 is 24.0 Å². The van der Waals surface area contributed by atoms with Crippen molar-refractivity contribution in [3.63, 3.8) is 0 Å². The third-order valence-corrected chi connectivity index (χ3v) is 4.12. The fourth-order valence-electron chi connectivity index (χ4n) is 2.63. The summed E-state index contributed by atoms with van der Waals surface area (Å²) in [5, 5.41) is 10.8. The lowest BCUT2D eigenvalue weighted by molar-refractivity contribution is 0.0302. The number of nitrogens with zero attached hydrogens (tertiary/aromatic N) is 4. The lowest BCUT2D eigenvalue weighted by atomic mass is 10.1. The minimum atomic E-state index is -0.500. The van der Waals surface area contributed by atoms with Crippen LogP contribution in [0.15, 0.2) is 47.7 Å². The molecule has 0 saturated heterocycles. The second kappa shape index (κ2) is 12.4. The van der Waals surface area contributed by atoms with E-state index in [2.05, 4.69) is 32.9 Å². The first kappa shape index (κ1) is 25.7. The Morgan fingerprint density at radius 3 is 2.50 bits per heavy atom. The van der Waals surface area contributed by atoms with Crippen LogP contribution in [0, 0.1) is 0 Å². The quantitative estimate of drug-likeness (QED) is 0.328. The number of rotatable bonds is 7. The molecule has 0 aliphatic heterocycles. The lowest BCUT2D eigenvalue weighted by Crippen LogP contribution is -2.43. The zero-order valence-corrected chi connectivity index (χ0v) is 20.7. The number of benzene rings is 1. The third-order valence-electron chi connectivity index (χ3n) is 4.12. The van der Waals surface area contributed by atoms with Crippen molar-refractivity contribution in [2.75, 3.05) is 27.2 Å². The fourth-order valence-corrected chi connectivity index (χ4v) is 2.63. The van der Waals surface area contributed by atoms with Gasteiger partial charge in [0.1, 0.15) is 5.60 Å². The molecule has 9 heteroatoms. The van der Waals surface area contributed by atoms with Crippen LogP contribution < -0.4 is 10.6 Å². The molecule has 0 bridgehead atoms. The Balaban J connectivity index is 0.00000450. The van der Waals surface area contributed by atoms with Crippen LogP contribution in [0.1, 0.15) is 31.9 Å². The molecule has 2 N–H and O–H groups in total. The van der Waals surface area contributed by atoms with Gasteiger partial charge in [-0.15, -0.1) is 24.0 Å². The van der Waals surface area contributed by atoms with Gasteiger partial charge in [-0.25, -0.2) is 4.79 Å². The normalized spacial score (nSPS) is 11.4. The molecular formula is C21H33IN6O2. The highest BCUT2D eigenvalue weighted by atomic mass is 127. The molecule has 0 fully saturated rings. The Kier molecular flexibility index (Phi) is 10.6. The second-order valence-corrected chi connectivity index (χ2v) is 7.73. The number of nitrogens with one attached hydrogen (secondary N) is 2. The molecule has 0 spiro atoms. The highest BCUT2D eigenvalue weighted by Gasteiger charge is 2.19. The van der Waals surface area contributed by atoms with Gasteiger partial charge in [-0.05, 0) is 38.0 Å². The smallest absolute Gasteiger partial charge is 0.410 e. The number of ether oxygens (including phenoxy) is 1. The number of aromatic nitrogens is 2. The lowest BCUT2D eigenvalue weighted by Gasteiger charge is -2.25. The van der Waals surface area contributed by atoms with Crippen LogP contribution in [0.25, 0.3) is 0 Å². The maximum absolute atomic E-state index is 12.0. The summed E-state index contributed by atoms with van der Waals surface area (Å²) in [4.78, 5) is 17.8. The number of amides is 1. The molecule has 30 heavy (non-hydrogen) atoms. The van der Waals surface area contributed by atoms with Crippen LogP contribution in [0.2, 0.25) is 0 Å². The summed E-state index contributed by atoms with van der Waals surface area (Å²) in [5.74, 6) is 0.677. The molecule has 1 aromatic carbocycles. The maximum atomic E-state index is 12.0. The van der Waals surface area contributed by atoms with Crippen molar-refractivity contribution >= 4 is 36.0 Å². The molecule has 8 nitrogen and oxygen atoms in total. The van der Waals surface area contributed by atoms with Gasteiger partial charge in [-0.3, -0.25) is 9.67 Å². The van der Waals surface area contributed by atoms with Gasteiger partial charge in [-0.1, -0.05) is 24.3 Å². The summed E-state index contributed by atoms with van der Waals surface area (Å²) in [6.07, 6.45) is 3.39. The average molecular weight is 528 g/mol. The number of halogens is 1. The predicted octanol–water partition coefficient (Wildman–Crippen LogP) is 3.08. The summed E-state index contributed by atoms with van der Waals surface area (Å²) < 4.78 is 7.25. The number of aliphatic imine (C=N–C) groups is 1. The Labute approximate surface area is 196 Å². The van der Waals surface area contributed by atoms with Crippen molar-refractivity contribution in [1.82, 2.24) is 25.3 Å². The molecule has 166 valence electrons. The Morgan fingerprint density at radius 2 is 1.90 bits per heavy atom. The number of hydrogen-bond donors (Lipinski definition) is 2. The van der Waals surface area contributed by atoms with E-state index in [1.807, 2.05) is 49.8 Å². The van der Waals surface area contributed by atoms with E-state index in [9.17, 15) is 4.79 Å². The molecule has 0 aliphatic rings. The third kappa shape index (κ3) is 9.02. The topological polar surface area (TPSA) is 83.8 Å². The molecule has 0 unspecified atom stereocenters. The minimum Gasteiger partial charge on any atom is -0.444 e. The van der Waals surface area contributed by atoms with E-state index < -0.39 is 5.60 Å². The monoisotopic (exact) mass is 528 g/mol. The highest BCUT2D eigenvalue weighted by Crippen LogP contribution is 2.10. The summed E-state index contributed by atoms with van der Waals surface area (Å²) in [5.41, 5.74) is 1.88. The van der Waals surface area contributed by atoms with Gasteiger partial charge in [0.05, 0.1) is 6.54 Å². The standard InChI is InChI=1S/C21H32N6O2.HI/c1-21(2,3)29-20(28)26(5)14-12-23-19(22-4)24-15-17-9-6-7-10-18(17)16-27-13-8-11-25-27;/h6-11,13H,12,14-16H2,1-5H3,(H2,22,23,24);1H. The molecule has 0 atom stereocenters. The van der Waals surface area contributed by atoms with Crippen molar-refractivity contribution < 1.29 is 9.53 Å². The summed E-state index contributed by atoms with van der Waals surface area (Å²) in [6.45, 7) is 7.99. The van der Waals surface area contributed by atoms with Crippen LogP contribution in [0.5, 0.6) is 0 Å². The van der Waals surface area contributed by atoms with E-state index in [0.29, 0.717) is 25.6 Å². The van der Waals surface area contributed by atoms with Crippen LogP contribution in [0.4, 0.5) is 4.79 Å². The van der Waals surface area contributed by atoms with E-state index in [0.717, 1.165) is 6.54 Å². The van der Waals surface area contributed by atoms with Crippen molar-refractivity contribution in [1.29, 1.82) is 0 Å². The van der Waals surface area contributed by atoms with Crippen LogP contribution in [-0.2, 0) is 17.8 Å². The predicted molar refractivity (Wildman–Crippen MR) is 130 cm³/mol.